The number of halogens is 2. The molecule has 2 atom stereocenters. The summed E-state index contributed by atoms with van der Waals surface area (Å²) in [4.78, 5) is 13.5. The van der Waals surface area contributed by atoms with Gasteiger partial charge in [-0.2, -0.15) is 0 Å². The van der Waals surface area contributed by atoms with Gasteiger partial charge in [-0.05, 0) is 0 Å². The first-order chi connectivity index (χ1) is 6.29. The number of alkyl halides is 3. The van der Waals surface area contributed by atoms with Crippen LogP contribution in [0.2, 0.25) is 0 Å². The average molecular weight is 413 g/mol. The van der Waals surface area contributed by atoms with Gasteiger partial charge in [-0.25, -0.2) is 0 Å². The van der Waals surface area contributed by atoms with Crippen molar-refractivity contribution in [3.63, 3.8) is 0 Å². The second kappa shape index (κ2) is 6.36. The van der Waals surface area contributed by atoms with E-state index >= 15 is 0 Å². The first-order valence-corrected chi connectivity index (χ1v) is 9.89. The number of aliphatic hydroxyl groups excluding tert-OH is 1. The van der Waals surface area contributed by atoms with Crippen molar-refractivity contribution in [1.82, 2.24) is 3.53 Å². The van der Waals surface area contributed by atoms with Crippen molar-refractivity contribution in [3.8, 4) is 0 Å². The van der Waals surface area contributed by atoms with Crippen molar-refractivity contribution in [1.29, 1.82) is 0 Å². The molecule has 1 aliphatic heterocycles. The Morgan fingerprint density at radius 3 is 3.00 bits per heavy atom. The molecule has 80 valence electrons. The number of rotatable bonds is 5. The third kappa shape index (κ3) is 3.48. The van der Waals surface area contributed by atoms with E-state index in [2.05, 4.69) is 8.46 Å². The SMILES string of the molecule is C[I-]C(C(=O)OCCO)C1C[I-]N1. The first kappa shape index (κ1) is 11.9. The van der Waals surface area contributed by atoms with Gasteiger partial charge in [-0.15, -0.1) is 0 Å². The average Bonchev–Trinajstić information content (AvgIpc) is 2.06. The summed E-state index contributed by atoms with van der Waals surface area (Å²) >= 11 is 0.0695. The zero-order valence-electron chi connectivity index (χ0n) is 7.30. The van der Waals surface area contributed by atoms with Crippen molar-refractivity contribution in [2.24, 2.45) is 0 Å². The molecule has 0 aromatic carbocycles. The summed E-state index contributed by atoms with van der Waals surface area (Å²) in [5.41, 5.74) is 0. The van der Waals surface area contributed by atoms with E-state index in [9.17, 15) is 4.79 Å². The van der Waals surface area contributed by atoms with Gasteiger partial charge < -0.3 is 0 Å². The Kier molecular flexibility index (Phi) is 5.83. The zero-order valence-corrected chi connectivity index (χ0v) is 11.6. The molecule has 0 radical (unpaired) electrons. The Labute approximate surface area is 98.7 Å². The minimum atomic E-state index is -0.120. The van der Waals surface area contributed by atoms with Crippen LogP contribution in [0.1, 0.15) is 0 Å². The molecule has 1 heterocycles. The van der Waals surface area contributed by atoms with Gasteiger partial charge in [-0.3, -0.25) is 0 Å². The predicted molar refractivity (Wildman–Crippen MR) is 39.5 cm³/mol. The van der Waals surface area contributed by atoms with Gasteiger partial charge in [0.2, 0.25) is 0 Å². The molecule has 1 fully saturated rings. The molecule has 13 heavy (non-hydrogen) atoms. The molecule has 2 unspecified atom stereocenters. The summed E-state index contributed by atoms with van der Waals surface area (Å²) in [6.07, 6.45) is 0. The molecule has 4 nitrogen and oxygen atoms in total. The van der Waals surface area contributed by atoms with E-state index in [1.165, 1.54) is 4.43 Å². The molecule has 1 rings (SSSR count). The molecule has 1 saturated heterocycles. The number of aliphatic hydroxyl groups is 1. The summed E-state index contributed by atoms with van der Waals surface area (Å²) in [7, 11) is 0. The normalized spacial score (nSPS) is 24.3. The topological polar surface area (TPSA) is 58.6 Å². The standard InChI is InChI=1S/C7H13I2NO3/c1-8-6(5-4-9-10-5)7(12)13-3-2-11/h5-6,10-11H,2-4H2,1H3/q-2. The van der Waals surface area contributed by atoms with E-state index in [1.54, 1.807) is 0 Å². The Balaban J connectivity index is 2.31. The van der Waals surface area contributed by atoms with Gasteiger partial charge in [0, 0.05) is 0 Å². The number of ether oxygens (including phenoxy) is 1. The van der Waals surface area contributed by atoms with Gasteiger partial charge in [0.1, 0.15) is 0 Å². The molecule has 1 aliphatic rings. The van der Waals surface area contributed by atoms with Crippen LogP contribution in [-0.4, -0.2) is 43.6 Å². The van der Waals surface area contributed by atoms with E-state index in [4.69, 9.17) is 9.84 Å². The molecular formula is C7H13I2NO3-2. The fourth-order valence-electron chi connectivity index (χ4n) is 0.931. The summed E-state index contributed by atoms with van der Waals surface area (Å²) in [5.74, 6) is -0.120. The number of nitrogens with one attached hydrogen (secondary N) is 1. The quantitative estimate of drug-likeness (QED) is 0.204. The van der Waals surface area contributed by atoms with Gasteiger partial charge >= 0.3 is 99.4 Å². The number of carbonyl (C=O) groups excluding carboxylic acids is 1. The molecule has 0 bridgehead atoms. The molecule has 0 aromatic heterocycles. The summed E-state index contributed by atoms with van der Waals surface area (Å²) < 4.78 is 9.52. The molecule has 0 aromatic rings. The van der Waals surface area contributed by atoms with Crippen LogP contribution in [0.5, 0.6) is 0 Å². The van der Waals surface area contributed by atoms with Crippen molar-refractivity contribution < 1.29 is 57.3 Å². The van der Waals surface area contributed by atoms with Crippen LogP contribution in [0.4, 0.5) is 0 Å². The minimum absolute atomic E-state index is 0.0779. The monoisotopic (exact) mass is 413 g/mol. The van der Waals surface area contributed by atoms with Crippen molar-refractivity contribution >= 4 is 5.97 Å². The van der Waals surface area contributed by atoms with Gasteiger partial charge in [-0.1, -0.05) is 0 Å². The molecular weight excluding hydrogens is 400 g/mol. The number of hydrogen-bond donors (Lipinski definition) is 2. The van der Waals surface area contributed by atoms with Crippen LogP contribution in [0.25, 0.3) is 0 Å². The van der Waals surface area contributed by atoms with Crippen molar-refractivity contribution in [2.75, 3.05) is 22.6 Å². The summed E-state index contributed by atoms with van der Waals surface area (Å²) in [5, 5.41) is 8.50. The van der Waals surface area contributed by atoms with E-state index < -0.39 is 0 Å². The van der Waals surface area contributed by atoms with Crippen LogP contribution in [-0.2, 0) is 9.53 Å². The Bertz CT molecular complexity index is 175. The van der Waals surface area contributed by atoms with E-state index in [1.807, 2.05) is 0 Å². The molecule has 6 heteroatoms. The van der Waals surface area contributed by atoms with E-state index in [-0.39, 0.29) is 65.8 Å². The van der Waals surface area contributed by atoms with Crippen LogP contribution in [0, 0.1) is 0 Å². The second-order valence-electron chi connectivity index (χ2n) is 2.51. The fourth-order valence-corrected chi connectivity index (χ4v) is 6.40. The van der Waals surface area contributed by atoms with Gasteiger partial charge in [0.25, 0.3) is 0 Å². The van der Waals surface area contributed by atoms with E-state index in [0.29, 0.717) is 6.04 Å². The Hall–Kier alpha value is 0.850. The maximum absolute atomic E-state index is 11.4. The van der Waals surface area contributed by atoms with Crippen LogP contribution in [0.15, 0.2) is 0 Å². The number of carbonyl (C=O) groups is 1. The maximum atomic E-state index is 11.4. The molecule has 0 saturated carbocycles. The van der Waals surface area contributed by atoms with Gasteiger partial charge in [0.05, 0.1) is 0 Å². The Morgan fingerprint density at radius 2 is 2.62 bits per heavy atom. The van der Waals surface area contributed by atoms with Crippen LogP contribution < -0.4 is 46.2 Å². The molecule has 2 N–H and O–H groups in total. The second-order valence-corrected chi connectivity index (χ2v) is 7.37. The number of hydrogen-bond acceptors (Lipinski definition) is 4. The molecule has 0 amide bonds. The zero-order chi connectivity index (χ0) is 9.68. The summed E-state index contributed by atoms with van der Waals surface area (Å²) in [6.45, 7) is 0.0619. The van der Waals surface area contributed by atoms with Crippen molar-refractivity contribution in [3.05, 3.63) is 0 Å². The van der Waals surface area contributed by atoms with Gasteiger partial charge in [0.15, 0.2) is 0 Å². The van der Waals surface area contributed by atoms with Crippen molar-refractivity contribution in [2.45, 2.75) is 9.97 Å². The van der Waals surface area contributed by atoms with Crippen LogP contribution >= 0.6 is 0 Å². The fraction of sp³-hybridized carbons (Fsp3) is 0.857. The number of esters is 1. The molecule has 0 aliphatic carbocycles. The molecule has 0 spiro atoms. The third-order valence-corrected chi connectivity index (χ3v) is 6.96. The predicted octanol–water partition coefficient (Wildman–Crippen LogP) is -7.41. The Morgan fingerprint density at radius 1 is 1.92 bits per heavy atom. The van der Waals surface area contributed by atoms with E-state index in [0.717, 1.165) is 0 Å². The third-order valence-electron chi connectivity index (χ3n) is 1.61. The summed E-state index contributed by atoms with van der Waals surface area (Å²) in [6, 6.07) is 0.386. The first-order valence-electron chi connectivity index (χ1n) is 3.88. The van der Waals surface area contributed by atoms with Crippen LogP contribution in [0.3, 0.4) is 0 Å².